The molecule has 2 aromatic rings. The molecule has 112 valence electrons. The molecular weight excluding hydrogens is 349 g/mol. The maximum absolute atomic E-state index is 8.38. The summed E-state index contributed by atoms with van der Waals surface area (Å²) in [6.45, 7) is 0.0471. The van der Waals surface area contributed by atoms with Crippen LogP contribution in [-0.2, 0) is 0 Å². The van der Waals surface area contributed by atoms with Gasteiger partial charge in [-0.05, 0) is 29.8 Å². The predicted molar refractivity (Wildman–Crippen MR) is 86.0 cm³/mol. The van der Waals surface area contributed by atoms with Crippen LogP contribution in [0, 0.1) is 0 Å². The molecule has 5 nitrogen and oxygen atoms in total. The van der Waals surface area contributed by atoms with E-state index in [1.807, 2.05) is 0 Å². The van der Waals surface area contributed by atoms with Gasteiger partial charge in [-0.1, -0.05) is 39.9 Å². The molecule has 1 unspecified atom stereocenters. The maximum Gasteiger partial charge on any atom is 0.247 e. The van der Waals surface area contributed by atoms with Gasteiger partial charge in [0.25, 0.3) is 0 Å². The van der Waals surface area contributed by atoms with Crippen LogP contribution in [0.1, 0.15) is 0 Å². The molecule has 22 heavy (non-hydrogen) atoms. The SMILES string of the molecule is [N-]=[N+]=NCC1Oc2cc(Cl)cc(-c3cc(Cl)ccc3Cl)c2O1. The molecule has 1 aliphatic heterocycles. The van der Waals surface area contributed by atoms with E-state index in [-0.39, 0.29) is 6.54 Å². The van der Waals surface area contributed by atoms with E-state index in [1.54, 1.807) is 30.3 Å². The van der Waals surface area contributed by atoms with Gasteiger partial charge < -0.3 is 9.47 Å². The molecule has 0 fully saturated rings. The number of rotatable bonds is 3. The standard InChI is InChI=1S/C14H8Cl3N3O2/c15-7-1-2-11(17)9(3-7)10-4-8(16)5-12-14(10)22-13(21-12)6-19-20-18/h1-5,13H,6H2. The Morgan fingerprint density at radius 3 is 2.59 bits per heavy atom. The van der Waals surface area contributed by atoms with E-state index in [2.05, 4.69) is 10.0 Å². The van der Waals surface area contributed by atoms with Gasteiger partial charge in [0.05, 0.1) is 0 Å². The lowest BCUT2D eigenvalue weighted by molar-refractivity contribution is 0.0584. The molecule has 1 heterocycles. The lowest BCUT2D eigenvalue weighted by Crippen LogP contribution is -2.21. The first kappa shape index (κ1) is 15.1. The quantitative estimate of drug-likeness (QED) is 0.401. The third-order valence-corrected chi connectivity index (χ3v) is 3.82. The van der Waals surface area contributed by atoms with Crippen molar-refractivity contribution in [2.45, 2.75) is 6.29 Å². The molecule has 0 saturated carbocycles. The minimum Gasteiger partial charge on any atom is -0.451 e. The molecule has 0 bridgehead atoms. The fourth-order valence-corrected chi connectivity index (χ4v) is 2.76. The van der Waals surface area contributed by atoms with Gasteiger partial charge in [-0.25, -0.2) is 0 Å². The third kappa shape index (κ3) is 2.89. The van der Waals surface area contributed by atoms with Crippen molar-refractivity contribution < 1.29 is 9.47 Å². The van der Waals surface area contributed by atoms with E-state index in [1.165, 1.54) is 0 Å². The Morgan fingerprint density at radius 1 is 1.05 bits per heavy atom. The van der Waals surface area contributed by atoms with Crippen molar-refractivity contribution >= 4 is 34.8 Å². The second-order valence-corrected chi connectivity index (χ2v) is 5.76. The summed E-state index contributed by atoms with van der Waals surface area (Å²) in [6.07, 6.45) is -0.693. The second-order valence-electron chi connectivity index (χ2n) is 4.48. The number of benzene rings is 2. The number of azide groups is 1. The van der Waals surface area contributed by atoms with E-state index >= 15 is 0 Å². The van der Waals surface area contributed by atoms with Gasteiger partial charge in [0, 0.05) is 37.2 Å². The van der Waals surface area contributed by atoms with E-state index in [0.717, 1.165) is 0 Å². The lowest BCUT2D eigenvalue weighted by Gasteiger charge is -2.10. The Bertz CT molecular complexity index is 791. The molecule has 0 amide bonds. The highest BCUT2D eigenvalue weighted by Gasteiger charge is 2.28. The molecule has 0 saturated heterocycles. The minimum atomic E-state index is -0.693. The molecule has 1 aliphatic rings. The summed E-state index contributed by atoms with van der Waals surface area (Å²) >= 11 is 18.4. The number of hydrogen-bond donors (Lipinski definition) is 0. The van der Waals surface area contributed by atoms with Gasteiger partial charge in [0.1, 0.15) is 6.54 Å². The molecule has 0 aromatic heterocycles. The van der Waals surface area contributed by atoms with Crippen molar-refractivity contribution in [3.05, 3.63) is 55.8 Å². The highest BCUT2D eigenvalue weighted by Crippen LogP contribution is 2.47. The van der Waals surface area contributed by atoms with Gasteiger partial charge in [-0.15, -0.1) is 0 Å². The molecule has 1 atom stereocenters. The second kappa shape index (κ2) is 6.15. The highest BCUT2D eigenvalue weighted by molar-refractivity contribution is 6.36. The summed E-state index contributed by atoms with van der Waals surface area (Å²) in [6, 6.07) is 8.46. The monoisotopic (exact) mass is 355 g/mol. The van der Waals surface area contributed by atoms with Crippen molar-refractivity contribution in [1.29, 1.82) is 0 Å². The van der Waals surface area contributed by atoms with Crippen LogP contribution in [-0.4, -0.2) is 12.8 Å². The van der Waals surface area contributed by atoms with Crippen LogP contribution in [0.4, 0.5) is 0 Å². The van der Waals surface area contributed by atoms with Crippen LogP contribution >= 0.6 is 34.8 Å². The van der Waals surface area contributed by atoms with Crippen LogP contribution in [0.15, 0.2) is 35.4 Å². The Kier molecular flexibility index (Phi) is 4.23. The minimum absolute atomic E-state index is 0.0471. The Balaban J connectivity index is 2.08. The highest BCUT2D eigenvalue weighted by atomic mass is 35.5. The zero-order valence-electron chi connectivity index (χ0n) is 11.0. The summed E-state index contributed by atoms with van der Waals surface area (Å²) in [4.78, 5) is 2.69. The predicted octanol–water partition coefficient (Wildman–Crippen LogP) is 5.72. The number of halogens is 3. The van der Waals surface area contributed by atoms with E-state index in [9.17, 15) is 0 Å². The van der Waals surface area contributed by atoms with Crippen LogP contribution in [0.5, 0.6) is 11.5 Å². The summed E-state index contributed by atoms with van der Waals surface area (Å²) in [7, 11) is 0. The van der Waals surface area contributed by atoms with Gasteiger partial charge in [-0.2, -0.15) is 0 Å². The van der Waals surface area contributed by atoms with Gasteiger partial charge in [0.15, 0.2) is 11.5 Å². The van der Waals surface area contributed by atoms with E-state index in [4.69, 9.17) is 49.8 Å². The van der Waals surface area contributed by atoms with Crippen LogP contribution in [0.25, 0.3) is 21.6 Å². The van der Waals surface area contributed by atoms with Crippen LogP contribution in [0.3, 0.4) is 0 Å². The number of nitrogens with zero attached hydrogens (tertiary/aromatic N) is 3. The Hall–Kier alpha value is -1.78. The average Bonchev–Trinajstić information content (AvgIpc) is 2.89. The summed E-state index contributed by atoms with van der Waals surface area (Å²) < 4.78 is 11.3. The van der Waals surface area contributed by atoms with Gasteiger partial charge >= 0.3 is 0 Å². The molecule has 3 rings (SSSR count). The van der Waals surface area contributed by atoms with Crippen molar-refractivity contribution in [1.82, 2.24) is 0 Å². The lowest BCUT2D eigenvalue weighted by atomic mass is 10.0. The number of hydrogen-bond acceptors (Lipinski definition) is 3. The molecule has 0 radical (unpaired) electrons. The summed E-state index contributed by atoms with van der Waals surface area (Å²) in [5, 5.41) is 4.96. The topological polar surface area (TPSA) is 67.2 Å². The molecule has 0 aliphatic carbocycles. The number of fused-ring (bicyclic) bond motifs is 1. The van der Waals surface area contributed by atoms with E-state index < -0.39 is 6.29 Å². The molecule has 2 aromatic carbocycles. The Morgan fingerprint density at radius 2 is 1.82 bits per heavy atom. The number of ether oxygens (including phenoxy) is 2. The Labute approximate surface area is 140 Å². The molecule has 8 heteroatoms. The summed E-state index contributed by atoms with van der Waals surface area (Å²) in [5.41, 5.74) is 9.73. The van der Waals surface area contributed by atoms with Crippen LogP contribution in [0.2, 0.25) is 15.1 Å². The molecule has 0 spiro atoms. The maximum atomic E-state index is 8.38. The van der Waals surface area contributed by atoms with E-state index in [0.29, 0.717) is 37.7 Å². The fourth-order valence-electron chi connectivity index (χ4n) is 2.16. The average molecular weight is 357 g/mol. The van der Waals surface area contributed by atoms with Crippen molar-refractivity contribution in [3.63, 3.8) is 0 Å². The van der Waals surface area contributed by atoms with Crippen LogP contribution < -0.4 is 9.47 Å². The zero-order chi connectivity index (χ0) is 15.7. The first-order valence-corrected chi connectivity index (χ1v) is 7.35. The van der Waals surface area contributed by atoms with Crippen molar-refractivity contribution in [2.75, 3.05) is 6.54 Å². The summed E-state index contributed by atoms with van der Waals surface area (Å²) in [5.74, 6) is 0.961. The van der Waals surface area contributed by atoms with Crippen molar-refractivity contribution in [3.8, 4) is 22.6 Å². The largest absolute Gasteiger partial charge is 0.451 e. The normalized spacial score (nSPS) is 15.5. The fraction of sp³-hybridized carbons (Fsp3) is 0.143. The first-order chi connectivity index (χ1) is 10.6. The van der Waals surface area contributed by atoms with Gasteiger partial charge in [-0.3, -0.25) is 0 Å². The molecule has 0 N–H and O–H groups in total. The zero-order valence-corrected chi connectivity index (χ0v) is 13.2. The van der Waals surface area contributed by atoms with Gasteiger partial charge in [0.2, 0.25) is 6.29 Å². The molecular formula is C14H8Cl3N3O2. The van der Waals surface area contributed by atoms with Crippen molar-refractivity contribution in [2.24, 2.45) is 5.11 Å². The first-order valence-electron chi connectivity index (χ1n) is 6.21. The third-order valence-electron chi connectivity index (χ3n) is 3.04. The smallest absolute Gasteiger partial charge is 0.247 e.